The Morgan fingerprint density at radius 2 is 0.987 bits per heavy atom. The first kappa shape index (κ1) is 48.1. The van der Waals surface area contributed by atoms with Crippen LogP contribution >= 0.6 is 0 Å². The highest BCUT2D eigenvalue weighted by Crippen LogP contribution is 2.37. The molecule has 11 rings (SSSR count). The first-order chi connectivity index (χ1) is 37.9. The summed E-state index contributed by atoms with van der Waals surface area (Å²) in [6.07, 6.45) is 11.4. The maximum atomic E-state index is 13.4. The molecular formula is C66H45N8O3+. The molecule has 2 aliphatic heterocycles. The quantitative estimate of drug-likeness (QED) is 0.0660. The normalized spacial score (nSPS) is 14.3. The number of hydrazine groups is 1. The predicted molar refractivity (Wildman–Crippen MR) is 308 cm³/mol. The minimum absolute atomic E-state index is 0.0565. The van der Waals surface area contributed by atoms with Crippen molar-refractivity contribution in [2.75, 3.05) is 14.8 Å². The van der Waals surface area contributed by atoms with E-state index in [4.69, 9.17) is 11.0 Å². The minimum Gasteiger partial charge on any atom is -0.457 e. The highest BCUT2D eigenvalue weighted by Gasteiger charge is 2.37. The second-order valence-corrected chi connectivity index (χ2v) is 17.8. The number of nitriles is 1. The Bertz CT molecular complexity index is 3920. The van der Waals surface area contributed by atoms with E-state index in [9.17, 15) is 14.9 Å². The van der Waals surface area contributed by atoms with Crippen LogP contribution in [-0.2, 0) is 9.59 Å². The Hall–Kier alpha value is -11.1. The number of carbonyl (C=O) groups is 2. The fraction of sp³-hybridized carbons (Fsp3) is 0. The van der Waals surface area contributed by atoms with E-state index in [2.05, 4.69) is 104 Å². The lowest BCUT2D eigenvalue weighted by molar-refractivity contribution is -0.485. The summed E-state index contributed by atoms with van der Waals surface area (Å²) >= 11 is 0. The molecule has 3 heterocycles. The number of nitrogens with one attached hydrogen (secondary N) is 1. The summed E-state index contributed by atoms with van der Waals surface area (Å²) in [5, 5.41) is 15.7. The minimum atomic E-state index is -0.348. The first-order valence-corrected chi connectivity index (χ1v) is 24.7. The number of carbonyl (C=O) groups excluding carboxylic acids is 2. The summed E-state index contributed by atoms with van der Waals surface area (Å²) in [7, 11) is 0. The molecule has 2 amide bonds. The van der Waals surface area contributed by atoms with E-state index in [0.717, 1.165) is 56.4 Å². The Kier molecular flexibility index (Phi) is 13.7. The van der Waals surface area contributed by atoms with Gasteiger partial charge in [-0.25, -0.2) is 0 Å². The van der Waals surface area contributed by atoms with E-state index < -0.39 is 0 Å². The molecule has 0 saturated heterocycles. The SMILES string of the molecule is [C-]#[N+]C1=NN(c2ccccc2)C(=O)/C1=C/c1ccc(N(c2ccccc2)c2ccc(/C=C/c3ccc(/C=C/c4ccc(N(c5ccccc5)c5cccc(/C=C6/C(=O)N[N+](c7ccccc7)=C6C#N)c5)cc4)o3)cc2)cc1. The molecule has 11 nitrogen and oxygen atoms in total. The zero-order valence-electron chi connectivity index (χ0n) is 41.3. The van der Waals surface area contributed by atoms with Gasteiger partial charge in [0, 0.05) is 46.3 Å². The number of nitrogens with zero attached hydrogens (tertiary/aromatic N) is 7. The van der Waals surface area contributed by atoms with Gasteiger partial charge < -0.3 is 19.1 Å². The van der Waals surface area contributed by atoms with Gasteiger partial charge in [0.25, 0.3) is 5.91 Å². The third-order valence-corrected chi connectivity index (χ3v) is 12.8. The highest BCUT2D eigenvalue weighted by molar-refractivity contribution is 6.35. The van der Waals surface area contributed by atoms with Crippen LogP contribution < -0.4 is 20.2 Å². The monoisotopic (exact) mass is 997 g/mol. The molecule has 0 atom stereocenters. The lowest BCUT2D eigenvalue weighted by Gasteiger charge is -2.26. The van der Waals surface area contributed by atoms with Crippen LogP contribution in [0.2, 0.25) is 0 Å². The number of furan rings is 1. The molecule has 1 aromatic heterocycles. The van der Waals surface area contributed by atoms with Crippen LogP contribution in [0.1, 0.15) is 33.8 Å². The maximum Gasteiger partial charge on any atom is 0.326 e. The van der Waals surface area contributed by atoms with Crippen molar-refractivity contribution < 1.29 is 18.7 Å². The Morgan fingerprint density at radius 1 is 0.519 bits per heavy atom. The van der Waals surface area contributed by atoms with E-state index in [1.54, 1.807) is 24.3 Å². The van der Waals surface area contributed by atoms with Gasteiger partial charge in [0.05, 0.1) is 11.3 Å². The number of anilines is 7. The molecule has 0 bridgehead atoms. The Morgan fingerprint density at radius 3 is 1.52 bits per heavy atom. The molecular weight excluding hydrogens is 953 g/mol. The molecule has 0 radical (unpaired) electrons. The summed E-state index contributed by atoms with van der Waals surface area (Å²) in [5.41, 5.74) is 14.1. The third-order valence-electron chi connectivity index (χ3n) is 12.8. The van der Waals surface area contributed by atoms with Crippen LogP contribution in [0, 0.1) is 17.9 Å². The first-order valence-electron chi connectivity index (χ1n) is 24.7. The zero-order chi connectivity index (χ0) is 52.5. The molecule has 2 aliphatic rings. The Balaban J connectivity index is 0.767. The number of benzene rings is 8. The van der Waals surface area contributed by atoms with Crippen LogP contribution in [-0.4, -0.2) is 28.0 Å². The molecule has 0 unspecified atom stereocenters. The molecule has 1 N–H and O–H groups in total. The number of amides is 2. The van der Waals surface area contributed by atoms with Gasteiger partial charge >= 0.3 is 17.5 Å². The van der Waals surface area contributed by atoms with Crippen LogP contribution in [0.4, 0.5) is 45.5 Å². The summed E-state index contributed by atoms with van der Waals surface area (Å²) < 4.78 is 7.72. The third kappa shape index (κ3) is 10.6. The van der Waals surface area contributed by atoms with Crippen molar-refractivity contribution in [2.24, 2.45) is 5.10 Å². The highest BCUT2D eigenvalue weighted by atomic mass is 16.3. The molecule has 0 fully saturated rings. The predicted octanol–water partition coefficient (Wildman–Crippen LogP) is 15.0. The van der Waals surface area contributed by atoms with Crippen molar-refractivity contribution in [3.63, 3.8) is 0 Å². The molecule has 9 aromatic rings. The van der Waals surface area contributed by atoms with E-state index in [1.807, 2.05) is 170 Å². The molecule has 0 saturated carbocycles. The van der Waals surface area contributed by atoms with Gasteiger partial charge in [-0.2, -0.15) is 5.26 Å². The van der Waals surface area contributed by atoms with E-state index in [1.165, 1.54) is 9.69 Å². The average Bonchev–Trinajstić information content (AvgIpc) is 4.19. The van der Waals surface area contributed by atoms with Gasteiger partial charge in [-0.1, -0.05) is 151 Å². The van der Waals surface area contributed by atoms with E-state index in [0.29, 0.717) is 22.9 Å². The van der Waals surface area contributed by atoms with E-state index >= 15 is 0 Å². The molecule has 11 heteroatoms. The van der Waals surface area contributed by atoms with Crippen molar-refractivity contribution in [3.05, 3.63) is 287 Å². The second-order valence-electron chi connectivity index (χ2n) is 17.8. The fourth-order valence-corrected chi connectivity index (χ4v) is 9.05. The van der Waals surface area contributed by atoms with Gasteiger partial charge in [-0.3, -0.25) is 9.59 Å². The molecule has 0 spiro atoms. The number of hydrazone groups is 2. The van der Waals surface area contributed by atoms with Crippen molar-refractivity contribution >= 4 is 105 Å². The zero-order valence-corrected chi connectivity index (χ0v) is 41.3. The maximum absolute atomic E-state index is 13.4. The molecule has 366 valence electrons. The standard InChI is InChI=1S/C66H44N8O3/c1-68-64-62(66(76)74(69-64)57-22-12-5-13-23-57)44-49-29-37-54(38-30-49)71(51-16-6-2-7-17-51)53-33-25-47(26-34-53)31-39-59-41-42-60(77-59)40-32-48-27-35-55(36-28-48)72(52-18-8-3-9-19-52)58-24-14-15-50(43-58)45-61-63(46-67)73(70-65(61)75)56-20-10-4-11-21-56/h2-45H/p+1/b39-31+,40-32+,61-45+,62-44+. The van der Waals surface area contributed by atoms with Crippen molar-refractivity contribution in [2.45, 2.75) is 0 Å². The van der Waals surface area contributed by atoms with Crippen LogP contribution in [0.5, 0.6) is 0 Å². The topological polar surface area (TPSA) is 113 Å². The average molecular weight is 998 g/mol. The fourth-order valence-electron chi connectivity index (χ4n) is 9.05. The summed E-state index contributed by atoms with van der Waals surface area (Å²) in [5.74, 6) is 0.793. The van der Waals surface area contributed by atoms with Gasteiger partial charge in [-0.15, -0.1) is 10.4 Å². The number of hydrogen-bond donors (Lipinski definition) is 1. The molecule has 77 heavy (non-hydrogen) atoms. The van der Waals surface area contributed by atoms with Crippen molar-refractivity contribution in [1.29, 1.82) is 5.26 Å². The largest absolute Gasteiger partial charge is 0.457 e. The Labute approximate surface area is 445 Å². The number of amidine groups is 1. The number of hydrogen-bond acceptors (Lipinski definition) is 7. The van der Waals surface area contributed by atoms with Gasteiger partial charge in [0.1, 0.15) is 17.1 Å². The summed E-state index contributed by atoms with van der Waals surface area (Å²) in [6, 6.07) is 77.0. The van der Waals surface area contributed by atoms with Gasteiger partial charge in [0.2, 0.25) is 5.69 Å². The van der Waals surface area contributed by atoms with Crippen LogP contribution in [0.15, 0.2) is 251 Å². The molecule has 0 aliphatic carbocycles. The smallest absolute Gasteiger partial charge is 0.326 e. The number of rotatable bonds is 14. The van der Waals surface area contributed by atoms with Crippen molar-refractivity contribution in [1.82, 2.24) is 5.43 Å². The lowest BCUT2D eigenvalue weighted by atomic mass is 10.1. The van der Waals surface area contributed by atoms with Crippen molar-refractivity contribution in [3.8, 4) is 6.07 Å². The van der Waals surface area contributed by atoms with Gasteiger partial charge in [0.15, 0.2) is 6.07 Å². The summed E-state index contributed by atoms with van der Waals surface area (Å²) in [4.78, 5) is 34.4. The summed E-state index contributed by atoms with van der Waals surface area (Å²) in [6.45, 7) is 7.69. The van der Waals surface area contributed by atoms with E-state index in [-0.39, 0.29) is 34.5 Å². The number of para-hydroxylation sites is 4. The van der Waals surface area contributed by atoms with Crippen LogP contribution in [0.25, 0.3) is 41.3 Å². The second kappa shape index (κ2) is 21.9. The lowest BCUT2D eigenvalue weighted by Crippen LogP contribution is -2.24. The van der Waals surface area contributed by atoms with Gasteiger partial charge in [-0.05, 0) is 143 Å². The molecule has 8 aromatic carbocycles. The van der Waals surface area contributed by atoms with Crippen LogP contribution in [0.3, 0.4) is 0 Å².